The molecule has 2 rings (SSSR count). The van der Waals surface area contributed by atoms with E-state index in [0.717, 1.165) is 23.5 Å². The fourth-order valence-corrected chi connectivity index (χ4v) is 2.67. The van der Waals surface area contributed by atoms with Crippen LogP contribution in [0, 0.1) is 11.6 Å². The Bertz CT molecular complexity index is 633. The highest BCUT2D eigenvalue weighted by molar-refractivity contribution is 7.20. The molecule has 1 aromatic carbocycles. The van der Waals surface area contributed by atoms with E-state index in [1.54, 1.807) is 0 Å². The van der Waals surface area contributed by atoms with Crippen molar-refractivity contribution in [1.29, 1.82) is 0 Å². The van der Waals surface area contributed by atoms with Gasteiger partial charge in [-0.1, -0.05) is 23.2 Å². The number of benzene rings is 1. The highest BCUT2D eigenvalue weighted by Gasteiger charge is 2.11. The Morgan fingerprint density at radius 3 is 2.37 bits per heavy atom. The van der Waals surface area contributed by atoms with Crippen LogP contribution in [-0.4, -0.2) is 6.03 Å². The molecule has 0 saturated heterocycles. The predicted octanol–water partition coefficient (Wildman–Crippen LogP) is 4.98. The molecule has 100 valence electrons. The zero-order valence-electron chi connectivity index (χ0n) is 9.14. The average molecular weight is 323 g/mol. The summed E-state index contributed by atoms with van der Waals surface area (Å²) in [5, 5.41) is 4.64. The number of anilines is 2. The lowest BCUT2D eigenvalue weighted by molar-refractivity contribution is 0.262. The summed E-state index contributed by atoms with van der Waals surface area (Å²) in [7, 11) is 0. The van der Waals surface area contributed by atoms with E-state index >= 15 is 0 Å². The Balaban J connectivity index is 2.07. The number of hydrogen-bond donors (Lipinski definition) is 2. The van der Waals surface area contributed by atoms with E-state index in [1.165, 1.54) is 6.07 Å². The zero-order valence-corrected chi connectivity index (χ0v) is 11.5. The van der Waals surface area contributed by atoms with Crippen molar-refractivity contribution in [3.8, 4) is 0 Å². The lowest BCUT2D eigenvalue weighted by Gasteiger charge is -2.07. The molecule has 0 aliphatic heterocycles. The molecule has 0 unspecified atom stereocenters. The van der Waals surface area contributed by atoms with Gasteiger partial charge in [-0.15, -0.1) is 11.3 Å². The second-order valence-corrected chi connectivity index (χ2v) is 5.73. The van der Waals surface area contributed by atoms with Crippen molar-refractivity contribution in [3.05, 3.63) is 44.6 Å². The molecule has 2 amide bonds. The van der Waals surface area contributed by atoms with Crippen LogP contribution in [0.3, 0.4) is 0 Å². The third-order valence-electron chi connectivity index (χ3n) is 2.08. The molecule has 0 fully saturated rings. The largest absolute Gasteiger partial charge is 0.323 e. The van der Waals surface area contributed by atoms with Crippen molar-refractivity contribution < 1.29 is 13.6 Å². The van der Waals surface area contributed by atoms with Crippen LogP contribution < -0.4 is 10.6 Å². The van der Waals surface area contributed by atoms with Crippen molar-refractivity contribution in [1.82, 2.24) is 0 Å². The van der Waals surface area contributed by atoms with Gasteiger partial charge in [-0.05, 0) is 18.2 Å². The first kappa shape index (κ1) is 14.0. The second-order valence-electron chi connectivity index (χ2n) is 3.44. The van der Waals surface area contributed by atoms with Gasteiger partial charge < -0.3 is 10.6 Å². The summed E-state index contributed by atoms with van der Waals surface area (Å²) in [4.78, 5) is 11.6. The number of hydrogen-bond acceptors (Lipinski definition) is 2. The van der Waals surface area contributed by atoms with Crippen LogP contribution in [-0.2, 0) is 0 Å². The maximum absolute atomic E-state index is 13.3. The van der Waals surface area contributed by atoms with Crippen LogP contribution in [0.25, 0.3) is 0 Å². The van der Waals surface area contributed by atoms with Crippen molar-refractivity contribution in [2.24, 2.45) is 0 Å². The van der Waals surface area contributed by atoms with Gasteiger partial charge in [0.15, 0.2) is 0 Å². The van der Waals surface area contributed by atoms with Gasteiger partial charge in [0.25, 0.3) is 0 Å². The van der Waals surface area contributed by atoms with Gasteiger partial charge in [0.1, 0.15) is 16.0 Å². The van der Waals surface area contributed by atoms with Gasteiger partial charge in [-0.25, -0.2) is 13.6 Å². The van der Waals surface area contributed by atoms with Crippen LogP contribution in [0.1, 0.15) is 0 Å². The molecule has 0 aliphatic carbocycles. The molecular formula is C11H6Cl2F2N2OS. The van der Waals surface area contributed by atoms with Crippen molar-refractivity contribution in [2.75, 3.05) is 10.6 Å². The lowest BCUT2D eigenvalue weighted by Crippen LogP contribution is -2.20. The fraction of sp³-hybridized carbons (Fsp3) is 0. The van der Waals surface area contributed by atoms with Gasteiger partial charge in [-0.3, -0.25) is 0 Å². The monoisotopic (exact) mass is 322 g/mol. The SMILES string of the molecule is O=C(Nc1ccc(F)cc1F)Nc1cc(Cl)sc1Cl. The molecule has 0 spiro atoms. The molecule has 8 heteroatoms. The number of carbonyl (C=O) groups excluding carboxylic acids is 1. The summed E-state index contributed by atoms with van der Waals surface area (Å²) in [5.41, 5.74) is 0.174. The summed E-state index contributed by atoms with van der Waals surface area (Å²) in [6, 6.07) is 3.58. The van der Waals surface area contributed by atoms with Crippen molar-refractivity contribution in [3.63, 3.8) is 0 Å². The van der Waals surface area contributed by atoms with Crippen LogP contribution in [0.5, 0.6) is 0 Å². The average Bonchev–Trinajstić information content (AvgIpc) is 2.61. The Kier molecular flexibility index (Phi) is 4.24. The maximum Gasteiger partial charge on any atom is 0.323 e. The summed E-state index contributed by atoms with van der Waals surface area (Å²) in [6.45, 7) is 0. The van der Waals surface area contributed by atoms with Crippen molar-refractivity contribution >= 4 is 51.9 Å². The summed E-state index contributed by atoms with van der Waals surface area (Å²) in [6.07, 6.45) is 0. The number of halogens is 4. The molecule has 0 atom stereocenters. The Labute approximate surface area is 121 Å². The minimum absolute atomic E-state index is 0.142. The summed E-state index contributed by atoms with van der Waals surface area (Å²) < 4.78 is 26.7. The molecule has 19 heavy (non-hydrogen) atoms. The smallest absolute Gasteiger partial charge is 0.305 e. The van der Waals surface area contributed by atoms with E-state index in [-0.39, 0.29) is 5.69 Å². The number of rotatable bonds is 2. The Hall–Kier alpha value is -1.37. The van der Waals surface area contributed by atoms with Crippen LogP contribution >= 0.6 is 34.5 Å². The topological polar surface area (TPSA) is 41.1 Å². The quantitative estimate of drug-likeness (QED) is 0.804. The van der Waals surface area contributed by atoms with Gasteiger partial charge in [-0.2, -0.15) is 0 Å². The molecule has 0 radical (unpaired) electrons. The molecule has 0 aliphatic rings. The Morgan fingerprint density at radius 1 is 1.11 bits per heavy atom. The van der Waals surface area contributed by atoms with E-state index in [4.69, 9.17) is 23.2 Å². The van der Waals surface area contributed by atoms with E-state index in [2.05, 4.69) is 10.6 Å². The van der Waals surface area contributed by atoms with E-state index in [9.17, 15) is 13.6 Å². The van der Waals surface area contributed by atoms with Crippen molar-refractivity contribution in [2.45, 2.75) is 0 Å². The summed E-state index contributed by atoms with van der Waals surface area (Å²) >= 11 is 12.6. The van der Waals surface area contributed by atoms with E-state index < -0.39 is 17.7 Å². The van der Waals surface area contributed by atoms with Crippen LogP contribution in [0.4, 0.5) is 25.0 Å². The molecular weight excluding hydrogens is 317 g/mol. The molecule has 1 aromatic heterocycles. The number of amides is 2. The molecule has 0 saturated carbocycles. The third-order valence-corrected chi connectivity index (χ3v) is 3.57. The molecule has 0 bridgehead atoms. The molecule has 1 heterocycles. The molecule has 2 N–H and O–H groups in total. The highest BCUT2D eigenvalue weighted by atomic mass is 35.5. The molecule has 2 aromatic rings. The van der Waals surface area contributed by atoms with Gasteiger partial charge in [0.2, 0.25) is 0 Å². The predicted molar refractivity (Wildman–Crippen MR) is 73.3 cm³/mol. The van der Waals surface area contributed by atoms with E-state index in [1.807, 2.05) is 0 Å². The number of nitrogens with one attached hydrogen (secondary N) is 2. The summed E-state index contributed by atoms with van der Waals surface area (Å²) in [5.74, 6) is -1.60. The highest BCUT2D eigenvalue weighted by Crippen LogP contribution is 2.35. The van der Waals surface area contributed by atoms with Gasteiger partial charge in [0.05, 0.1) is 15.7 Å². The lowest BCUT2D eigenvalue weighted by atomic mass is 10.3. The normalized spacial score (nSPS) is 10.3. The maximum atomic E-state index is 13.3. The van der Waals surface area contributed by atoms with Gasteiger partial charge >= 0.3 is 6.03 Å². The molecule has 3 nitrogen and oxygen atoms in total. The minimum atomic E-state index is -0.871. The first-order valence-corrected chi connectivity index (χ1v) is 6.51. The second kappa shape index (κ2) is 5.73. The zero-order chi connectivity index (χ0) is 14.0. The first-order valence-electron chi connectivity index (χ1n) is 4.93. The Morgan fingerprint density at radius 2 is 1.79 bits per heavy atom. The van der Waals surface area contributed by atoms with Crippen LogP contribution in [0.15, 0.2) is 24.3 Å². The third kappa shape index (κ3) is 3.56. The number of urea groups is 1. The van der Waals surface area contributed by atoms with E-state index in [0.29, 0.717) is 20.4 Å². The van der Waals surface area contributed by atoms with Crippen LogP contribution in [0.2, 0.25) is 8.67 Å². The minimum Gasteiger partial charge on any atom is -0.305 e. The first-order chi connectivity index (χ1) is 8.95. The fourth-order valence-electron chi connectivity index (χ4n) is 1.29. The standard InChI is InChI=1S/C11H6Cl2F2N2OS/c12-9-4-8(10(13)19-9)17-11(18)16-7-2-1-5(14)3-6(7)15/h1-4H,(H2,16,17,18). The number of carbonyl (C=O) groups is 1. The van der Waals surface area contributed by atoms with Gasteiger partial charge in [0, 0.05) is 6.07 Å². The number of thiophene rings is 1.